The molecule has 7 heteroatoms. The quantitative estimate of drug-likeness (QED) is 0.698. The van der Waals surface area contributed by atoms with Crippen molar-refractivity contribution in [3.63, 3.8) is 0 Å². The molecule has 0 fully saturated rings. The van der Waals surface area contributed by atoms with Crippen molar-refractivity contribution in [1.29, 1.82) is 0 Å². The number of carboxylic acid groups (broad SMARTS) is 1. The number of nitrogens with zero attached hydrogens (tertiary/aromatic N) is 1. The van der Waals surface area contributed by atoms with Crippen molar-refractivity contribution in [3.05, 3.63) is 22.4 Å². The average Bonchev–Trinajstić information content (AvgIpc) is 2.85. The Morgan fingerprint density at radius 3 is 2.83 bits per heavy atom. The summed E-state index contributed by atoms with van der Waals surface area (Å²) in [5.74, 6) is -1.35. The van der Waals surface area contributed by atoms with E-state index in [2.05, 4.69) is 5.32 Å². The summed E-state index contributed by atoms with van der Waals surface area (Å²) in [5, 5.41) is 21.8. The van der Waals surface area contributed by atoms with Gasteiger partial charge in [0.2, 0.25) is 0 Å². The maximum atomic E-state index is 11.5. The molecular weight excluding hydrogens is 256 g/mol. The summed E-state index contributed by atoms with van der Waals surface area (Å²) < 4.78 is 0. The number of hydrogen-bond donors (Lipinski definition) is 3. The van der Waals surface area contributed by atoms with E-state index in [9.17, 15) is 9.59 Å². The van der Waals surface area contributed by atoms with Gasteiger partial charge in [-0.25, -0.2) is 9.59 Å². The van der Waals surface area contributed by atoms with E-state index in [0.717, 1.165) is 6.42 Å². The minimum atomic E-state index is -1.57. The van der Waals surface area contributed by atoms with Crippen LogP contribution < -0.4 is 5.32 Å². The molecular formula is C11H16N2O4S. The van der Waals surface area contributed by atoms with E-state index < -0.39 is 18.1 Å². The molecule has 0 aliphatic carbocycles. The van der Waals surface area contributed by atoms with Gasteiger partial charge in [0.15, 0.2) is 6.10 Å². The third-order valence-corrected chi connectivity index (χ3v) is 3.29. The number of hydrogen-bond acceptors (Lipinski definition) is 4. The Hall–Kier alpha value is -1.60. The van der Waals surface area contributed by atoms with Crippen LogP contribution in [-0.4, -0.2) is 53.4 Å². The van der Waals surface area contributed by atoms with E-state index in [0.29, 0.717) is 6.54 Å². The molecule has 0 spiro atoms. The van der Waals surface area contributed by atoms with Crippen LogP contribution in [0.4, 0.5) is 4.79 Å². The second kappa shape index (κ2) is 6.97. The van der Waals surface area contributed by atoms with Crippen LogP contribution in [-0.2, 0) is 11.2 Å². The van der Waals surface area contributed by atoms with Crippen LogP contribution in [0.25, 0.3) is 0 Å². The molecule has 0 aromatic carbocycles. The van der Waals surface area contributed by atoms with Crippen molar-refractivity contribution in [2.24, 2.45) is 0 Å². The number of urea groups is 1. The Morgan fingerprint density at radius 1 is 1.56 bits per heavy atom. The molecule has 1 atom stereocenters. The molecule has 100 valence electrons. The van der Waals surface area contributed by atoms with E-state index in [1.165, 1.54) is 9.78 Å². The van der Waals surface area contributed by atoms with Crippen LogP contribution in [0.1, 0.15) is 4.88 Å². The Balaban J connectivity index is 2.26. The van der Waals surface area contributed by atoms with Gasteiger partial charge in [0.1, 0.15) is 0 Å². The maximum Gasteiger partial charge on any atom is 0.334 e. The highest BCUT2D eigenvalue weighted by Crippen LogP contribution is 2.09. The van der Waals surface area contributed by atoms with Crippen LogP contribution in [0.15, 0.2) is 17.5 Å². The molecule has 1 rings (SSSR count). The van der Waals surface area contributed by atoms with E-state index in [1.807, 2.05) is 17.5 Å². The molecule has 0 aliphatic heterocycles. The van der Waals surface area contributed by atoms with Crippen molar-refractivity contribution in [1.82, 2.24) is 10.2 Å². The van der Waals surface area contributed by atoms with Gasteiger partial charge in [0.25, 0.3) is 0 Å². The van der Waals surface area contributed by atoms with Gasteiger partial charge < -0.3 is 20.4 Å². The lowest BCUT2D eigenvalue weighted by atomic mass is 10.3. The summed E-state index contributed by atoms with van der Waals surface area (Å²) in [5.41, 5.74) is 0. The highest BCUT2D eigenvalue weighted by Gasteiger charge is 2.15. The number of carbonyl (C=O) groups excluding carboxylic acids is 1. The van der Waals surface area contributed by atoms with Gasteiger partial charge in [-0.1, -0.05) is 6.07 Å². The van der Waals surface area contributed by atoms with Crippen molar-refractivity contribution < 1.29 is 19.8 Å². The summed E-state index contributed by atoms with van der Waals surface area (Å²) in [6, 6.07) is 3.54. The lowest BCUT2D eigenvalue weighted by molar-refractivity contribution is -0.146. The SMILES string of the molecule is CN(CCc1cccs1)C(=O)NCC(O)C(=O)O. The molecule has 2 amide bonds. The fraction of sp³-hybridized carbons (Fsp3) is 0.455. The zero-order valence-electron chi connectivity index (χ0n) is 10.00. The van der Waals surface area contributed by atoms with E-state index in [-0.39, 0.29) is 6.54 Å². The smallest absolute Gasteiger partial charge is 0.334 e. The van der Waals surface area contributed by atoms with Crippen molar-refractivity contribution in [3.8, 4) is 0 Å². The number of nitrogens with one attached hydrogen (secondary N) is 1. The first kappa shape index (κ1) is 14.5. The van der Waals surface area contributed by atoms with E-state index in [4.69, 9.17) is 10.2 Å². The minimum absolute atomic E-state index is 0.294. The highest BCUT2D eigenvalue weighted by atomic mass is 32.1. The molecule has 0 radical (unpaired) electrons. The number of aliphatic carboxylic acids is 1. The highest BCUT2D eigenvalue weighted by molar-refractivity contribution is 7.09. The predicted molar refractivity (Wildman–Crippen MR) is 67.7 cm³/mol. The number of aliphatic hydroxyl groups is 1. The van der Waals surface area contributed by atoms with E-state index in [1.54, 1.807) is 18.4 Å². The molecule has 0 aliphatic rings. The monoisotopic (exact) mass is 272 g/mol. The first-order valence-corrected chi connectivity index (χ1v) is 6.31. The molecule has 1 aromatic heterocycles. The molecule has 1 unspecified atom stereocenters. The van der Waals surface area contributed by atoms with Gasteiger partial charge in [-0.2, -0.15) is 0 Å². The summed E-state index contributed by atoms with van der Waals surface area (Å²) in [6.07, 6.45) is -0.817. The molecule has 0 saturated heterocycles. The summed E-state index contributed by atoms with van der Waals surface area (Å²) in [6.45, 7) is 0.243. The summed E-state index contributed by atoms with van der Waals surface area (Å²) in [4.78, 5) is 24.5. The van der Waals surface area contributed by atoms with Crippen LogP contribution in [0, 0.1) is 0 Å². The topological polar surface area (TPSA) is 89.9 Å². The van der Waals surface area contributed by atoms with Gasteiger partial charge in [-0.05, 0) is 17.9 Å². The number of amides is 2. The second-order valence-electron chi connectivity index (χ2n) is 3.79. The van der Waals surface area contributed by atoms with Gasteiger partial charge in [-0.3, -0.25) is 0 Å². The van der Waals surface area contributed by atoms with E-state index >= 15 is 0 Å². The molecule has 0 saturated carbocycles. The lowest BCUT2D eigenvalue weighted by Gasteiger charge is -2.18. The Bertz CT molecular complexity index is 394. The van der Waals surface area contributed by atoms with Crippen LogP contribution in [0.3, 0.4) is 0 Å². The molecule has 0 bridgehead atoms. The van der Waals surface area contributed by atoms with Crippen molar-refractivity contribution >= 4 is 23.3 Å². The van der Waals surface area contributed by atoms with Crippen molar-refractivity contribution in [2.75, 3.05) is 20.1 Å². The molecule has 1 heterocycles. The van der Waals surface area contributed by atoms with Gasteiger partial charge in [0, 0.05) is 18.5 Å². The third kappa shape index (κ3) is 4.72. The minimum Gasteiger partial charge on any atom is -0.479 e. The molecule has 3 N–H and O–H groups in total. The standard InChI is InChI=1S/C11H16N2O4S/c1-13(5-4-8-3-2-6-18-8)11(17)12-7-9(14)10(15)16/h2-3,6,9,14H,4-5,7H2,1H3,(H,12,17)(H,15,16). The number of likely N-dealkylation sites (N-methyl/N-ethyl adjacent to an activating group) is 1. The largest absolute Gasteiger partial charge is 0.479 e. The number of rotatable bonds is 6. The third-order valence-electron chi connectivity index (χ3n) is 2.35. The summed E-state index contributed by atoms with van der Waals surface area (Å²) in [7, 11) is 1.62. The molecule has 6 nitrogen and oxygen atoms in total. The summed E-state index contributed by atoms with van der Waals surface area (Å²) >= 11 is 1.62. The zero-order valence-corrected chi connectivity index (χ0v) is 10.8. The zero-order chi connectivity index (χ0) is 13.5. The molecule has 1 aromatic rings. The lowest BCUT2D eigenvalue weighted by Crippen LogP contribution is -2.43. The maximum absolute atomic E-state index is 11.5. The van der Waals surface area contributed by atoms with Crippen LogP contribution in [0.2, 0.25) is 0 Å². The number of carbonyl (C=O) groups is 2. The second-order valence-corrected chi connectivity index (χ2v) is 4.82. The normalized spacial score (nSPS) is 11.9. The van der Waals surface area contributed by atoms with Gasteiger partial charge >= 0.3 is 12.0 Å². The Morgan fingerprint density at radius 2 is 2.28 bits per heavy atom. The first-order valence-electron chi connectivity index (χ1n) is 5.43. The Kier molecular flexibility index (Phi) is 5.60. The first-order chi connectivity index (χ1) is 8.50. The van der Waals surface area contributed by atoms with Gasteiger partial charge in [-0.15, -0.1) is 11.3 Å². The predicted octanol–water partition coefficient (Wildman–Crippen LogP) is 0.378. The average molecular weight is 272 g/mol. The van der Waals surface area contributed by atoms with Crippen LogP contribution in [0.5, 0.6) is 0 Å². The number of aliphatic hydroxyl groups excluding tert-OH is 1. The molecule has 18 heavy (non-hydrogen) atoms. The fourth-order valence-electron chi connectivity index (χ4n) is 1.24. The van der Waals surface area contributed by atoms with Crippen molar-refractivity contribution in [2.45, 2.75) is 12.5 Å². The fourth-order valence-corrected chi connectivity index (χ4v) is 1.94. The number of carboxylic acids is 1. The van der Waals surface area contributed by atoms with Crippen LogP contribution >= 0.6 is 11.3 Å². The Labute approximate surface area is 109 Å². The van der Waals surface area contributed by atoms with Gasteiger partial charge in [0.05, 0.1) is 6.54 Å². The number of thiophene rings is 1.